The molecule has 2 rings (SSSR count). The standard InChI is InChI=1S/C19H24N4O3S/c1-11-9-14(23-17(25)19(2,3)4)27-15(11)16(24)21-10-12-5-7-13(8-6-12)22-18(20)26/h5-9H,10H2,1-4H3,(H,21,24)(H,23,25)(H3,20,22,26). The molecule has 8 heteroatoms. The molecule has 0 saturated heterocycles. The highest BCUT2D eigenvalue weighted by atomic mass is 32.1. The van der Waals surface area contributed by atoms with Gasteiger partial charge < -0.3 is 21.7 Å². The minimum absolute atomic E-state index is 0.0969. The highest BCUT2D eigenvalue weighted by molar-refractivity contribution is 7.18. The van der Waals surface area contributed by atoms with Crippen LogP contribution in [0.1, 0.15) is 41.6 Å². The molecule has 0 radical (unpaired) electrons. The summed E-state index contributed by atoms with van der Waals surface area (Å²) in [5, 5.41) is 8.84. The highest BCUT2D eigenvalue weighted by Crippen LogP contribution is 2.28. The van der Waals surface area contributed by atoms with Crippen LogP contribution in [0, 0.1) is 12.3 Å². The first-order valence-corrected chi connectivity index (χ1v) is 9.23. The molecule has 0 aliphatic carbocycles. The number of carbonyl (C=O) groups excluding carboxylic acids is 3. The van der Waals surface area contributed by atoms with Crippen LogP contribution < -0.4 is 21.7 Å². The molecule has 0 saturated carbocycles. The first-order valence-electron chi connectivity index (χ1n) is 8.42. The predicted octanol–water partition coefficient (Wildman–Crippen LogP) is 3.46. The predicted molar refractivity (Wildman–Crippen MR) is 108 cm³/mol. The Balaban J connectivity index is 1.98. The fourth-order valence-electron chi connectivity index (χ4n) is 2.18. The van der Waals surface area contributed by atoms with Gasteiger partial charge in [0.05, 0.1) is 9.88 Å². The van der Waals surface area contributed by atoms with E-state index in [-0.39, 0.29) is 11.8 Å². The van der Waals surface area contributed by atoms with Crippen molar-refractivity contribution in [3.05, 3.63) is 46.3 Å². The lowest BCUT2D eigenvalue weighted by Gasteiger charge is -2.16. The number of primary amides is 1. The van der Waals surface area contributed by atoms with Gasteiger partial charge >= 0.3 is 6.03 Å². The Morgan fingerprint density at radius 3 is 2.26 bits per heavy atom. The Bertz CT molecular complexity index is 851. The molecule has 0 atom stereocenters. The molecule has 144 valence electrons. The zero-order chi connectivity index (χ0) is 20.2. The Hall–Kier alpha value is -2.87. The van der Waals surface area contributed by atoms with Crippen LogP contribution in [0.25, 0.3) is 0 Å². The molecule has 2 aromatic rings. The average molecular weight is 388 g/mol. The average Bonchev–Trinajstić information content (AvgIpc) is 2.93. The number of urea groups is 1. The molecular weight excluding hydrogens is 364 g/mol. The molecule has 1 aromatic heterocycles. The summed E-state index contributed by atoms with van der Waals surface area (Å²) >= 11 is 1.25. The molecule has 0 fully saturated rings. The number of nitrogens with one attached hydrogen (secondary N) is 3. The molecule has 0 unspecified atom stereocenters. The Kier molecular flexibility index (Phi) is 6.22. The van der Waals surface area contributed by atoms with Gasteiger partial charge in [-0.1, -0.05) is 32.9 Å². The molecule has 0 aliphatic heterocycles. The Labute approximate surface area is 162 Å². The number of nitrogens with two attached hydrogens (primary N) is 1. The third kappa shape index (κ3) is 5.82. The molecule has 0 bridgehead atoms. The van der Waals surface area contributed by atoms with Crippen LogP contribution in [0.15, 0.2) is 30.3 Å². The second-order valence-corrected chi connectivity index (χ2v) is 8.25. The first-order chi connectivity index (χ1) is 12.6. The van der Waals surface area contributed by atoms with Crippen molar-refractivity contribution in [2.45, 2.75) is 34.2 Å². The van der Waals surface area contributed by atoms with Crippen molar-refractivity contribution in [1.82, 2.24) is 5.32 Å². The number of aryl methyl sites for hydroxylation is 1. The van der Waals surface area contributed by atoms with E-state index in [0.717, 1.165) is 11.1 Å². The fourth-order valence-corrected chi connectivity index (χ4v) is 3.16. The second-order valence-electron chi connectivity index (χ2n) is 7.20. The van der Waals surface area contributed by atoms with E-state index in [1.54, 1.807) is 30.3 Å². The summed E-state index contributed by atoms with van der Waals surface area (Å²) in [5.74, 6) is -0.298. The molecule has 7 nitrogen and oxygen atoms in total. The molecule has 27 heavy (non-hydrogen) atoms. The zero-order valence-electron chi connectivity index (χ0n) is 15.8. The number of rotatable bonds is 5. The lowest BCUT2D eigenvalue weighted by molar-refractivity contribution is -0.123. The van der Waals surface area contributed by atoms with Gasteiger partial charge in [0.2, 0.25) is 5.91 Å². The van der Waals surface area contributed by atoms with E-state index < -0.39 is 11.4 Å². The minimum Gasteiger partial charge on any atom is -0.351 e. The van der Waals surface area contributed by atoms with Gasteiger partial charge in [-0.25, -0.2) is 4.79 Å². The summed E-state index contributed by atoms with van der Waals surface area (Å²) in [4.78, 5) is 35.9. The number of anilines is 2. The van der Waals surface area contributed by atoms with Crippen LogP contribution >= 0.6 is 11.3 Å². The van der Waals surface area contributed by atoms with Gasteiger partial charge in [0.1, 0.15) is 0 Å². The first kappa shape index (κ1) is 20.4. The van der Waals surface area contributed by atoms with Crippen LogP contribution in [0.3, 0.4) is 0 Å². The number of amides is 4. The SMILES string of the molecule is Cc1cc(NC(=O)C(C)(C)C)sc1C(=O)NCc1ccc(NC(N)=O)cc1. The maximum Gasteiger partial charge on any atom is 0.316 e. The van der Waals surface area contributed by atoms with Gasteiger partial charge in [-0.15, -0.1) is 11.3 Å². The molecule has 1 heterocycles. The maximum absolute atomic E-state index is 12.5. The quantitative estimate of drug-likeness (QED) is 0.629. The molecular formula is C19H24N4O3S. The molecule has 0 spiro atoms. The summed E-state index contributed by atoms with van der Waals surface area (Å²) in [6, 6.07) is 8.18. The number of hydrogen-bond acceptors (Lipinski definition) is 4. The van der Waals surface area contributed by atoms with Crippen LogP contribution in [0.5, 0.6) is 0 Å². The van der Waals surface area contributed by atoms with Crippen LogP contribution in [0.4, 0.5) is 15.5 Å². The topological polar surface area (TPSA) is 113 Å². The summed E-state index contributed by atoms with van der Waals surface area (Å²) < 4.78 is 0. The number of carbonyl (C=O) groups is 3. The second kappa shape index (κ2) is 8.22. The molecule has 0 aliphatic rings. The van der Waals surface area contributed by atoms with Gasteiger partial charge in [0, 0.05) is 17.6 Å². The van der Waals surface area contributed by atoms with Crippen molar-refractivity contribution in [3.8, 4) is 0 Å². The minimum atomic E-state index is -0.626. The summed E-state index contributed by atoms with van der Waals surface area (Å²) in [6.07, 6.45) is 0. The van der Waals surface area contributed by atoms with Crippen LogP contribution in [-0.2, 0) is 11.3 Å². The summed E-state index contributed by atoms with van der Waals surface area (Å²) in [6.45, 7) is 7.68. The third-order valence-corrected chi connectivity index (χ3v) is 4.87. The van der Waals surface area contributed by atoms with Crippen LogP contribution in [-0.4, -0.2) is 17.8 Å². The molecule has 4 amide bonds. The Morgan fingerprint density at radius 1 is 1.07 bits per heavy atom. The maximum atomic E-state index is 12.5. The van der Waals surface area contributed by atoms with E-state index in [1.807, 2.05) is 27.7 Å². The van der Waals surface area contributed by atoms with Crippen molar-refractivity contribution < 1.29 is 14.4 Å². The van der Waals surface area contributed by atoms with Crippen molar-refractivity contribution in [2.24, 2.45) is 11.1 Å². The van der Waals surface area contributed by atoms with E-state index >= 15 is 0 Å². The monoisotopic (exact) mass is 388 g/mol. The van der Waals surface area contributed by atoms with Crippen molar-refractivity contribution in [3.63, 3.8) is 0 Å². The van der Waals surface area contributed by atoms with Crippen LogP contribution in [0.2, 0.25) is 0 Å². The van der Waals surface area contributed by atoms with Crippen molar-refractivity contribution >= 4 is 39.9 Å². The Morgan fingerprint density at radius 2 is 1.70 bits per heavy atom. The number of thiophene rings is 1. The molecule has 5 N–H and O–H groups in total. The zero-order valence-corrected chi connectivity index (χ0v) is 16.6. The lowest BCUT2D eigenvalue weighted by atomic mass is 9.96. The normalized spacial score (nSPS) is 11.0. The fraction of sp³-hybridized carbons (Fsp3) is 0.316. The lowest BCUT2D eigenvalue weighted by Crippen LogP contribution is -2.27. The van der Waals surface area contributed by atoms with Gasteiger partial charge in [-0.2, -0.15) is 0 Å². The summed E-state index contributed by atoms with van der Waals surface area (Å²) in [5.41, 5.74) is 6.84. The van der Waals surface area contributed by atoms with Gasteiger partial charge in [-0.05, 0) is 36.2 Å². The molecule has 1 aromatic carbocycles. The van der Waals surface area contributed by atoms with E-state index in [2.05, 4.69) is 16.0 Å². The highest BCUT2D eigenvalue weighted by Gasteiger charge is 2.23. The van der Waals surface area contributed by atoms with E-state index in [9.17, 15) is 14.4 Å². The summed E-state index contributed by atoms with van der Waals surface area (Å²) in [7, 11) is 0. The van der Waals surface area contributed by atoms with E-state index in [0.29, 0.717) is 22.1 Å². The van der Waals surface area contributed by atoms with Crippen molar-refractivity contribution in [2.75, 3.05) is 10.6 Å². The van der Waals surface area contributed by atoms with E-state index in [1.165, 1.54) is 11.3 Å². The van der Waals surface area contributed by atoms with Gasteiger partial charge in [0.25, 0.3) is 5.91 Å². The largest absolute Gasteiger partial charge is 0.351 e. The van der Waals surface area contributed by atoms with Crippen molar-refractivity contribution in [1.29, 1.82) is 0 Å². The third-order valence-electron chi connectivity index (χ3n) is 3.72. The van der Waals surface area contributed by atoms with E-state index in [4.69, 9.17) is 5.73 Å². The van der Waals surface area contributed by atoms with Gasteiger partial charge in [0.15, 0.2) is 0 Å². The smallest absolute Gasteiger partial charge is 0.316 e. The van der Waals surface area contributed by atoms with Gasteiger partial charge in [-0.3, -0.25) is 9.59 Å². The number of hydrogen-bond donors (Lipinski definition) is 4. The number of benzene rings is 1.